The molecule has 7 heteroatoms. The second-order valence-electron chi connectivity index (χ2n) is 3.94. The van der Waals surface area contributed by atoms with Crippen LogP contribution in [0.3, 0.4) is 0 Å². The Morgan fingerprint density at radius 2 is 2.06 bits per heavy atom. The maximum absolute atomic E-state index is 11.0. The lowest BCUT2D eigenvalue weighted by Crippen LogP contribution is -2.64. The molecule has 0 radical (unpaired) electrons. The number of amides is 1. The van der Waals surface area contributed by atoms with Gasteiger partial charge in [-0.3, -0.25) is 4.79 Å². The number of methoxy groups -OCH3 is 2. The largest absolute Gasteiger partial charge is 0.388 e. The van der Waals surface area contributed by atoms with Crippen LogP contribution in [0.1, 0.15) is 6.92 Å². The molecule has 1 fully saturated rings. The number of carbonyl (C=O) groups is 1. The molecule has 0 bridgehead atoms. The van der Waals surface area contributed by atoms with Crippen LogP contribution >= 0.6 is 0 Å². The van der Waals surface area contributed by atoms with E-state index in [1.54, 1.807) is 0 Å². The zero-order valence-corrected chi connectivity index (χ0v) is 10.1. The molecule has 0 aliphatic carbocycles. The first-order chi connectivity index (χ1) is 8.01. The SMILES string of the molecule is COC[C@@H]1O[C@@H](O)[C@@H](NC(C)=O)[C@@H](OC)[C@@H]1O. The zero-order chi connectivity index (χ0) is 13.0. The van der Waals surface area contributed by atoms with Crippen molar-refractivity contribution in [3.63, 3.8) is 0 Å². The minimum atomic E-state index is -1.24. The lowest BCUT2D eigenvalue weighted by molar-refractivity contribution is -0.259. The molecule has 5 atom stereocenters. The summed E-state index contributed by atoms with van der Waals surface area (Å²) in [6.07, 6.45) is -3.67. The molecule has 1 aliphatic heterocycles. The topological polar surface area (TPSA) is 97.2 Å². The van der Waals surface area contributed by atoms with Gasteiger partial charge in [0.25, 0.3) is 0 Å². The first-order valence-electron chi connectivity index (χ1n) is 5.31. The summed E-state index contributed by atoms with van der Waals surface area (Å²) in [5.74, 6) is -0.336. The van der Waals surface area contributed by atoms with Crippen LogP contribution in [-0.2, 0) is 19.0 Å². The minimum absolute atomic E-state index is 0.130. The molecule has 1 amide bonds. The molecule has 0 aromatic carbocycles. The number of aliphatic hydroxyl groups excluding tert-OH is 2. The van der Waals surface area contributed by atoms with Crippen molar-refractivity contribution in [2.75, 3.05) is 20.8 Å². The third kappa shape index (κ3) is 3.36. The molecule has 0 saturated carbocycles. The van der Waals surface area contributed by atoms with E-state index in [1.807, 2.05) is 0 Å². The van der Waals surface area contributed by atoms with E-state index in [2.05, 4.69) is 5.32 Å². The van der Waals surface area contributed by atoms with E-state index in [-0.39, 0.29) is 12.5 Å². The summed E-state index contributed by atoms with van der Waals surface area (Å²) < 4.78 is 15.1. The predicted molar refractivity (Wildman–Crippen MR) is 57.2 cm³/mol. The maximum Gasteiger partial charge on any atom is 0.217 e. The van der Waals surface area contributed by atoms with Gasteiger partial charge < -0.3 is 29.7 Å². The van der Waals surface area contributed by atoms with Gasteiger partial charge in [0, 0.05) is 21.1 Å². The molecular formula is C10H19NO6. The number of hydrogen-bond donors (Lipinski definition) is 3. The second-order valence-corrected chi connectivity index (χ2v) is 3.94. The summed E-state index contributed by atoms with van der Waals surface area (Å²) in [7, 11) is 2.86. The monoisotopic (exact) mass is 249 g/mol. The van der Waals surface area contributed by atoms with Crippen LogP contribution < -0.4 is 5.32 Å². The third-order valence-corrected chi connectivity index (χ3v) is 2.67. The second kappa shape index (κ2) is 6.27. The van der Waals surface area contributed by atoms with Crippen molar-refractivity contribution < 1.29 is 29.2 Å². The number of nitrogens with one attached hydrogen (secondary N) is 1. The van der Waals surface area contributed by atoms with Crippen LogP contribution in [0.25, 0.3) is 0 Å². The number of ether oxygens (including phenoxy) is 3. The highest BCUT2D eigenvalue weighted by Crippen LogP contribution is 2.22. The summed E-state index contributed by atoms with van der Waals surface area (Å²) in [5.41, 5.74) is 0. The van der Waals surface area contributed by atoms with Crippen LogP contribution in [-0.4, -0.2) is 67.6 Å². The van der Waals surface area contributed by atoms with E-state index >= 15 is 0 Å². The van der Waals surface area contributed by atoms with Gasteiger partial charge in [0.05, 0.1) is 6.61 Å². The quantitative estimate of drug-likeness (QED) is 0.545. The van der Waals surface area contributed by atoms with Crippen molar-refractivity contribution in [3.05, 3.63) is 0 Å². The van der Waals surface area contributed by atoms with Crippen molar-refractivity contribution in [2.24, 2.45) is 0 Å². The molecule has 1 rings (SSSR count). The number of carbonyl (C=O) groups excluding carboxylic acids is 1. The summed E-state index contributed by atoms with van der Waals surface area (Å²) in [4.78, 5) is 11.0. The summed E-state index contributed by atoms with van der Waals surface area (Å²) in [6, 6.07) is -0.805. The summed E-state index contributed by atoms with van der Waals surface area (Å²) in [5, 5.41) is 22.2. The molecular weight excluding hydrogens is 230 g/mol. The van der Waals surface area contributed by atoms with Crippen molar-refractivity contribution in [3.8, 4) is 0 Å². The van der Waals surface area contributed by atoms with Gasteiger partial charge in [-0.25, -0.2) is 0 Å². The van der Waals surface area contributed by atoms with Gasteiger partial charge in [0.15, 0.2) is 6.29 Å². The van der Waals surface area contributed by atoms with Crippen LogP contribution in [0.4, 0.5) is 0 Å². The molecule has 1 saturated heterocycles. The number of rotatable bonds is 4. The Bertz CT molecular complexity index is 261. The zero-order valence-electron chi connectivity index (χ0n) is 10.1. The maximum atomic E-state index is 11.0. The molecule has 0 aromatic heterocycles. The van der Waals surface area contributed by atoms with Crippen molar-refractivity contribution >= 4 is 5.91 Å². The molecule has 0 aromatic rings. The Labute approximate surface area is 99.7 Å². The van der Waals surface area contributed by atoms with Crippen LogP contribution in [0, 0.1) is 0 Å². The average Bonchev–Trinajstić information content (AvgIpc) is 2.25. The molecule has 17 heavy (non-hydrogen) atoms. The molecule has 1 aliphatic rings. The average molecular weight is 249 g/mol. The van der Waals surface area contributed by atoms with Gasteiger partial charge in [-0.2, -0.15) is 0 Å². The molecule has 100 valence electrons. The van der Waals surface area contributed by atoms with Gasteiger partial charge in [0.1, 0.15) is 24.4 Å². The lowest BCUT2D eigenvalue weighted by Gasteiger charge is -2.42. The highest BCUT2D eigenvalue weighted by atomic mass is 16.6. The highest BCUT2D eigenvalue weighted by molar-refractivity contribution is 5.73. The van der Waals surface area contributed by atoms with Gasteiger partial charge in [-0.15, -0.1) is 0 Å². The molecule has 3 N–H and O–H groups in total. The van der Waals surface area contributed by atoms with Gasteiger partial charge in [-0.05, 0) is 0 Å². The first kappa shape index (κ1) is 14.3. The van der Waals surface area contributed by atoms with Crippen molar-refractivity contribution in [1.82, 2.24) is 5.32 Å². The molecule has 1 heterocycles. The van der Waals surface area contributed by atoms with Gasteiger partial charge in [-0.1, -0.05) is 0 Å². The lowest BCUT2D eigenvalue weighted by atomic mass is 9.97. The third-order valence-electron chi connectivity index (χ3n) is 2.67. The van der Waals surface area contributed by atoms with E-state index in [0.29, 0.717) is 0 Å². The Morgan fingerprint density at radius 1 is 1.41 bits per heavy atom. The normalized spacial score (nSPS) is 37.8. The fourth-order valence-corrected chi connectivity index (χ4v) is 1.91. The van der Waals surface area contributed by atoms with E-state index in [9.17, 15) is 15.0 Å². The van der Waals surface area contributed by atoms with E-state index in [0.717, 1.165) is 0 Å². The van der Waals surface area contributed by atoms with E-state index < -0.39 is 30.6 Å². The van der Waals surface area contributed by atoms with Gasteiger partial charge >= 0.3 is 0 Å². The number of aliphatic hydroxyl groups is 2. The van der Waals surface area contributed by atoms with Crippen LogP contribution in [0.5, 0.6) is 0 Å². The van der Waals surface area contributed by atoms with Crippen LogP contribution in [0.15, 0.2) is 0 Å². The Balaban J connectivity index is 2.76. The summed E-state index contributed by atoms with van der Waals surface area (Å²) in [6.45, 7) is 1.44. The molecule has 7 nitrogen and oxygen atoms in total. The highest BCUT2D eigenvalue weighted by Gasteiger charge is 2.45. The standard InChI is InChI=1S/C10H19NO6/c1-5(12)11-7-9(16-3)8(13)6(4-15-2)17-10(7)14/h6-10,13-14H,4H2,1-3H3,(H,11,12)/t6-,7-,8+,9+,10+/m0/s1. The van der Waals surface area contributed by atoms with Gasteiger partial charge in [0.2, 0.25) is 5.91 Å². The smallest absolute Gasteiger partial charge is 0.217 e. The van der Waals surface area contributed by atoms with E-state index in [1.165, 1.54) is 21.1 Å². The Kier molecular flexibility index (Phi) is 5.29. The minimum Gasteiger partial charge on any atom is -0.388 e. The van der Waals surface area contributed by atoms with Crippen molar-refractivity contribution in [1.29, 1.82) is 0 Å². The fourth-order valence-electron chi connectivity index (χ4n) is 1.91. The predicted octanol–water partition coefficient (Wildman–Crippen LogP) is -1.77. The molecule has 0 spiro atoms. The van der Waals surface area contributed by atoms with Crippen LogP contribution in [0.2, 0.25) is 0 Å². The van der Waals surface area contributed by atoms with E-state index in [4.69, 9.17) is 14.2 Å². The first-order valence-corrected chi connectivity index (χ1v) is 5.31. The Hall–Kier alpha value is -0.730. The number of hydrogen-bond acceptors (Lipinski definition) is 6. The van der Waals surface area contributed by atoms with Crippen molar-refractivity contribution in [2.45, 2.75) is 37.6 Å². The summed E-state index contributed by atoms with van der Waals surface area (Å²) >= 11 is 0. The molecule has 0 unspecified atom stereocenters. The fraction of sp³-hybridized carbons (Fsp3) is 0.900. The Morgan fingerprint density at radius 3 is 2.53 bits per heavy atom.